The van der Waals surface area contributed by atoms with E-state index in [2.05, 4.69) is 5.32 Å². The van der Waals surface area contributed by atoms with Crippen LogP contribution >= 0.6 is 0 Å². The summed E-state index contributed by atoms with van der Waals surface area (Å²) in [5.74, 6) is 0.213. The second-order valence-electron chi connectivity index (χ2n) is 11.6. The molecular formula is C34H36F9NO5. The lowest BCUT2D eigenvalue weighted by atomic mass is 9.94. The highest BCUT2D eigenvalue weighted by molar-refractivity contribution is 5.76. The summed E-state index contributed by atoms with van der Waals surface area (Å²) in [6, 6.07) is 5.51. The van der Waals surface area contributed by atoms with Gasteiger partial charge in [-0.15, -0.1) is 0 Å². The van der Waals surface area contributed by atoms with E-state index in [0.29, 0.717) is 35.4 Å². The van der Waals surface area contributed by atoms with Crippen LogP contribution in [0.5, 0.6) is 11.5 Å². The van der Waals surface area contributed by atoms with E-state index in [0.717, 1.165) is 12.1 Å². The summed E-state index contributed by atoms with van der Waals surface area (Å²) in [6.45, 7) is 6.13. The van der Waals surface area contributed by atoms with Crippen molar-refractivity contribution in [2.75, 3.05) is 13.7 Å². The lowest BCUT2D eigenvalue weighted by Gasteiger charge is -2.24. The number of aliphatic hydroxyl groups excluding tert-OH is 1. The molecule has 0 aliphatic carbocycles. The number of carbonyl (C=O) groups is 1. The summed E-state index contributed by atoms with van der Waals surface area (Å²) in [5.41, 5.74) is -3.76. The number of benzene rings is 3. The summed E-state index contributed by atoms with van der Waals surface area (Å²) in [7, 11) is 1.35. The molecule has 0 aromatic heterocycles. The Bertz CT molecular complexity index is 1570. The van der Waals surface area contributed by atoms with E-state index in [1.807, 2.05) is 0 Å². The molecule has 0 unspecified atom stereocenters. The molecule has 2 N–H and O–H groups in total. The molecule has 0 aliphatic heterocycles. The lowest BCUT2D eigenvalue weighted by Crippen LogP contribution is -2.32. The molecule has 3 aromatic carbocycles. The number of carbonyl (C=O) groups excluding carboxylic acids is 1. The molecule has 0 amide bonds. The van der Waals surface area contributed by atoms with Crippen molar-refractivity contribution in [1.82, 2.24) is 5.32 Å². The molecule has 0 bridgehead atoms. The van der Waals surface area contributed by atoms with Gasteiger partial charge in [0.1, 0.15) is 11.5 Å². The van der Waals surface area contributed by atoms with Gasteiger partial charge in [-0.3, -0.25) is 4.79 Å². The normalized spacial score (nSPS) is 13.7. The molecule has 49 heavy (non-hydrogen) atoms. The van der Waals surface area contributed by atoms with Gasteiger partial charge in [0.25, 0.3) is 0 Å². The number of hydrogen-bond acceptors (Lipinski definition) is 6. The number of aryl methyl sites for hydroxylation is 1. The van der Waals surface area contributed by atoms with Crippen molar-refractivity contribution in [3.63, 3.8) is 0 Å². The SMILES string of the molecule is COc1cc(C)c(OCCCC(=O)OC(C)C)cc1-c1ccc(C(F)(F)F)cc1CN[C@@H](C)[C@H](O)c1cc(C(F)(F)F)cc(C(F)(F)F)c1. The minimum absolute atomic E-state index is 0.0263. The van der Waals surface area contributed by atoms with Crippen LogP contribution in [0.3, 0.4) is 0 Å². The van der Waals surface area contributed by atoms with Crippen molar-refractivity contribution < 1.29 is 63.6 Å². The van der Waals surface area contributed by atoms with Crippen molar-refractivity contribution in [2.45, 2.75) is 83.9 Å². The number of methoxy groups -OCH3 is 1. The van der Waals surface area contributed by atoms with Gasteiger partial charge in [0, 0.05) is 24.6 Å². The third-order valence-corrected chi connectivity index (χ3v) is 7.41. The van der Waals surface area contributed by atoms with Crippen LogP contribution in [0.1, 0.15) is 73.1 Å². The van der Waals surface area contributed by atoms with Gasteiger partial charge in [0.05, 0.1) is 42.6 Å². The van der Waals surface area contributed by atoms with E-state index in [1.165, 1.54) is 20.1 Å². The van der Waals surface area contributed by atoms with Gasteiger partial charge in [-0.1, -0.05) is 6.07 Å². The van der Waals surface area contributed by atoms with Gasteiger partial charge >= 0.3 is 24.5 Å². The highest BCUT2D eigenvalue weighted by Crippen LogP contribution is 2.41. The van der Waals surface area contributed by atoms with Crippen molar-refractivity contribution in [1.29, 1.82) is 0 Å². The molecule has 6 nitrogen and oxygen atoms in total. The minimum atomic E-state index is -5.14. The average Bonchev–Trinajstić information content (AvgIpc) is 3.00. The molecule has 3 aromatic rings. The van der Waals surface area contributed by atoms with Gasteiger partial charge in [-0.25, -0.2) is 0 Å². The summed E-state index contributed by atoms with van der Waals surface area (Å²) >= 11 is 0. The molecule has 0 radical (unpaired) electrons. The Morgan fingerprint density at radius 1 is 0.796 bits per heavy atom. The van der Waals surface area contributed by atoms with Crippen LogP contribution in [0.4, 0.5) is 39.5 Å². The number of aliphatic hydroxyl groups is 1. The zero-order valence-corrected chi connectivity index (χ0v) is 27.2. The fourth-order valence-electron chi connectivity index (χ4n) is 4.92. The number of ether oxygens (including phenoxy) is 3. The molecule has 2 atom stereocenters. The van der Waals surface area contributed by atoms with Crippen LogP contribution in [-0.4, -0.2) is 36.9 Å². The van der Waals surface area contributed by atoms with Crippen LogP contribution in [0.2, 0.25) is 0 Å². The van der Waals surface area contributed by atoms with Crippen molar-refractivity contribution in [2.24, 2.45) is 0 Å². The highest BCUT2D eigenvalue weighted by atomic mass is 19.4. The zero-order valence-electron chi connectivity index (χ0n) is 27.2. The number of rotatable bonds is 13. The van der Waals surface area contributed by atoms with Crippen molar-refractivity contribution in [3.8, 4) is 22.6 Å². The molecule has 0 saturated carbocycles. The van der Waals surface area contributed by atoms with Crippen LogP contribution < -0.4 is 14.8 Å². The predicted octanol–water partition coefficient (Wildman–Crippen LogP) is 9.05. The topological polar surface area (TPSA) is 77.0 Å². The van der Waals surface area contributed by atoms with Gasteiger partial charge in [0.15, 0.2) is 0 Å². The van der Waals surface area contributed by atoms with Crippen molar-refractivity contribution >= 4 is 5.97 Å². The maximum absolute atomic E-state index is 13.8. The largest absolute Gasteiger partial charge is 0.496 e. The van der Waals surface area contributed by atoms with Crippen molar-refractivity contribution in [3.05, 3.63) is 81.9 Å². The first kappa shape index (κ1) is 39.5. The van der Waals surface area contributed by atoms with E-state index >= 15 is 0 Å². The molecule has 270 valence electrons. The zero-order chi connectivity index (χ0) is 36.9. The van der Waals surface area contributed by atoms with E-state index in [-0.39, 0.29) is 42.1 Å². The van der Waals surface area contributed by atoms with E-state index in [4.69, 9.17) is 14.2 Å². The Kier molecular flexibility index (Phi) is 12.6. The maximum Gasteiger partial charge on any atom is 0.416 e. The Balaban J connectivity index is 1.95. The third-order valence-electron chi connectivity index (χ3n) is 7.41. The smallest absolute Gasteiger partial charge is 0.416 e. The second kappa shape index (κ2) is 15.7. The first-order valence-corrected chi connectivity index (χ1v) is 15.0. The summed E-state index contributed by atoms with van der Waals surface area (Å²) < 4.78 is 138. The summed E-state index contributed by atoms with van der Waals surface area (Å²) in [5, 5.41) is 13.5. The quantitative estimate of drug-likeness (QED) is 0.105. The molecule has 0 heterocycles. The highest BCUT2D eigenvalue weighted by Gasteiger charge is 2.38. The van der Waals surface area contributed by atoms with Gasteiger partial charge < -0.3 is 24.6 Å². The van der Waals surface area contributed by atoms with Crippen LogP contribution in [-0.2, 0) is 34.6 Å². The maximum atomic E-state index is 13.8. The van der Waals surface area contributed by atoms with E-state index in [9.17, 15) is 49.4 Å². The first-order valence-electron chi connectivity index (χ1n) is 15.0. The molecule has 15 heteroatoms. The van der Waals surface area contributed by atoms with E-state index in [1.54, 1.807) is 32.9 Å². The minimum Gasteiger partial charge on any atom is -0.496 e. The fraction of sp³-hybridized carbons (Fsp3) is 0.441. The number of nitrogens with one attached hydrogen (secondary N) is 1. The standard InChI is InChI=1S/C34H36F9NO5/c1-18(2)49-30(45)7-6-10-48-28-16-27(29(47-5)11-19(28)3)26-9-8-23(32(35,36)37)14-22(26)17-44-20(4)31(46)21-12-24(33(38,39)40)15-25(13-21)34(41,42)43/h8-9,11-16,18,20,31,44,46H,6-7,10,17H2,1-5H3/t20-,31-/m0/s1. The van der Waals surface area contributed by atoms with Crippen LogP contribution in [0, 0.1) is 6.92 Å². The fourth-order valence-corrected chi connectivity index (χ4v) is 4.92. The Morgan fingerprint density at radius 2 is 1.39 bits per heavy atom. The first-order chi connectivity index (χ1) is 22.6. The van der Waals surface area contributed by atoms with Gasteiger partial charge in [-0.05, 0) is 98.8 Å². The monoisotopic (exact) mass is 709 g/mol. The Morgan fingerprint density at radius 3 is 1.92 bits per heavy atom. The molecule has 0 saturated heterocycles. The summed E-state index contributed by atoms with van der Waals surface area (Å²) in [6.07, 6.45) is -16.8. The number of halogens is 9. The average molecular weight is 710 g/mol. The third kappa shape index (κ3) is 10.8. The molecule has 0 spiro atoms. The lowest BCUT2D eigenvalue weighted by molar-refractivity contribution is -0.148. The Labute approximate surface area is 277 Å². The second-order valence-corrected chi connectivity index (χ2v) is 11.6. The molecule has 3 rings (SSSR count). The predicted molar refractivity (Wildman–Crippen MR) is 162 cm³/mol. The number of alkyl halides is 9. The molecule has 0 fully saturated rings. The molecular weight excluding hydrogens is 673 g/mol. The van der Waals surface area contributed by atoms with Gasteiger partial charge in [0.2, 0.25) is 0 Å². The van der Waals surface area contributed by atoms with Crippen LogP contribution in [0.25, 0.3) is 11.1 Å². The van der Waals surface area contributed by atoms with E-state index < -0.39 is 65.4 Å². The van der Waals surface area contributed by atoms with Crippen LogP contribution in [0.15, 0.2) is 48.5 Å². The summed E-state index contributed by atoms with van der Waals surface area (Å²) in [4.78, 5) is 11.8. The Hall–Kier alpha value is -3.98. The molecule has 0 aliphatic rings. The van der Waals surface area contributed by atoms with Gasteiger partial charge in [-0.2, -0.15) is 39.5 Å². The number of hydrogen-bond donors (Lipinski definition) is 2. The number of esters is 1.